The van der Waals surface area contributed by atoms with Crippen molar-refractivity contribution in [2.24, 2.45) is 0 Å². The van der Waals surface area contributed by atoms with E-state index in [0.29, 0.717) is 5.52 Å². The first-order valence-electron chi connectivity index (χ1n) is 3.54. The van der Waals surface area contributed by atoms with E-state index in [1.54, 1.807) is 0 Å². The number of hydrogen-bond acceptors (Lipinski definition) is 4. The van der Waals surface area contributed by atoms with Gasteiger partial charge in [-0.1, -0.05) is 0 Å². The highest BCUT2D eigenvalue weighted by Gasteiger charge is 2.02. The van der Waals surface area contributed by atoms with Crippen LogP contribution in [0.4, 0.5) is 5.69 Å². The van der Waals surface area contributed by atoms with E-state index >= 15 is 0 Å². The summed E-state index contributed by atoms with van der Waals surface area (Å²) in [7, 11) is 0. The normalized spacial score (nSPS) is 10.5. The Labute approximate surface area is 71.4 Å². The Morgan fingerprint density at radius 2 is 2.00 bits per heavy atom. The van der Waals surface area contributed by atoms with Gasteiger partial charge in [-0.25, -0.2) is 4.79 Å². The SMILES string of the molecule is Nc1cncc2c(=O)[nH]c(=O)[nH]c12. The number of pyridine rings is 1. The molecule has 6 heteroatoms. The molecule has 2 aromatic heterocycles. The van der Waals surface area contributed by atoms with Crippen LogP contribution in [0.5, 0.6) is 0 Å². The third-order valence-electron chi connectivity index (χ3n) is 1.69. The third-order valence-corrected chi connectivity index (χ3v) is 1.69. The molecule has 0 radical (unpaired) electrons. The summed E-state index contributed by atoms with van der Waals surface area (Å²) in [6.07, 6.45) is 2.72. The lowest BCUT2D eigenvalue weighted by Crippen LogP contribution is -2.22. The lowest BCUT2D eigenvalue weighted by molar-refractivity contribution is 1.08. The molecule has 0 atom stereocenters. The van der Waals surface area contributed by atoms with Gasteiger partial charge in [0, 0.05) is 6.20 Å². The standard InChI is InChI=1S/C7H6N4O2/c8-4-2-9-1-3-5(4)10-7(13)11-6(3)12/h1-2H,8H2,(H2,10,11,12,13). The molecule has 0 aliphatic rings. The topological polar surface area (TPSA) is 105 Å². The van der Waals surface area contributed by atoms with Gasteiger partial charge in [-0.05, 0) is 0 Å². The van der Waals surface area contributed by atoms with Gasteiger partial charge in [0.2, 0.25) is 0 Å². The molecule has 2 aromatic rings. The average Bonchev–Trinajstić information content (AvgIpc) is 2.07. The summed E-state index contributed by atoms with van der Waals surface area (Å²) in [5.74, 6) is 0. The van der Waals surface area contributed by atoms with Crippen molar-refractivity contribution in [1.82, 2.24) is 15.0 Å². The van der Waals surface area contributed by atoms with E-state index in [0.717, 1.165) is 0 Å². The molecule has 0 fully saturated rings. The number of aromatic nitrogens is 3. The van der Waals surface area contributed by atoms with Gasteiger partial charge in [0.05, 0.1) is 22.8 Å². The van der Waals surface area contributed by atoms with E-state index < -0.39 is 11.2 Å². The number of nitrogens with one attached hydrogen (secondary N) is 2. The number of H-pyrrole nitrogens is 2. The molecule has 0 amide bonds. The first kappa shape index (κ1) is 7.53. The maximum absolute atomic E-state index is 11.2. The number of nitrogens with zero attached hydrogens (tertiary/aromatic N) is 1. The summed E-state index contributed by atoms with van der Waals surface area (Å²) in [5.41, 5.74) is 5.05. The Hall–Kier alpha value is -2.11. The Bertz CT molecular complexity index is 568. The minimum atomic E-state index is -0.574. The fourth-order valence-corrected chi connectivity index (χ4v) is 1.10. The predicted octanol–water partition coefficient (Wildman–Crippen LogP) is -0.806. The zero-order valence-corrected chi connectivity index (χ0v) is 6.50. The first-order valence-corrected chi connectivity index (χ1v) is 3.54. The Balaban J connectivity index is 3.12. The molecule has 6 nitrogen and oxygen atoms in total. The van der Waals surface area contributed by atoms with Crippen LogP contribution in [0.3, 0.4) is 0 Å². The van der Waals surface area contributed by atoms with Gasteiger partial charge in [-0.15, -0.1) is 0 Å². The smallest absolute Gasteiger partial charge is 0.326 e. The molecule has 0 unspecified atom stereocenters. The van der Waals surface area contributed by atoms with Gasteiger partial charge in [0.1, 0.15) is 0 Å². The summed E-state index contributed by atoms with van der Waals surface area (Å²) in [4.78, 5) is 30.3. The van der Waals surface area contributed by atoms with Gasteiger partial charge in [-0.2, -0.15) is 0 Å². The largest absolute Gasteiger partial charge is 0.396 e. The average molecular weight is 178 g/mol. The van der Waals surface area contributed by atoms with Crippen molar-refractivity contribution in [3.05, 3.63) is 33.2 Å². The molecule has 0 aromatic carbocycles. The Morgan fingerprint density at radius 3 is 2.77 bits per heavy atom. The molecule has 4 N–H and O–H groups in total. The Morgan fingerprint density at radius 1 is 1.23 bits per heavy atom. The second kappa shape index (κ2) is 2.44. The zero-order chi connectivity index (χ0) is 9.42. The monoisotopic (exact) mass is 178 g/mol. The van der Waals surface area contributed by atoms with Crippen molar-refractivity contribution in [3.8, 4) is 0 Å². The van der Waals surface area contributed by atoms with E-state index in [2.05, 4.69) is 15.0 Å². The van der Waals surface area contributed by atoms with Gasteiger partial charge >= 0.3 is 5.69 Å². The van der Waals surface area contributed by atoms with Crippen molar-refractivity contribution in [2.45, 2.75) is 0 Å². The van der Waals surface area contributed by atoms with E-state index in [1.807, 2.05) is 0 Å². The van der Waals surface area contributed by atoms with Crippen LogP contribution in [0.2, 0.25) is 0 Å². The van der Waals surface area contributed by atoms with Gasteiger partial charge < -0.3 is 10.7 Å². The van der Waals surface area contributed by atoms with Crippen molar-refractivity contribution < 1.29 is 0 Å². The summed E-state index contributed by atoms with van der Waals surface area (Å²) in [6, 6.07) is 0. The number of aromatic amines is 2. The number of anilines is 1. The highest BCUT2D eigenvalue weighted by atomic mass is 16.2. The fourth-order valence-electron chi connectivity index (χ4n) is 1.10. The maximum Gasteiger partial charge on any atom is 0.326 e. The van der Waals surface area contributed by atoms with Crippen LogP contribution in [0, 0.1) is 0 Å². The van der Waals surface area contributed by atoms with E-state index in [9.17, 15) is 9.59 Å². The highest BCUT2D eigenvalue weighted by Crippen LogP contribution is 2.09. The van der Waals surface area contributed by atoms with Gasteiger partial charge in [0.15, 0.2) is 0 Å². The second-order valence-electron chi connectivity index (χ2n) is 2.56. The van der Waals surface area contributed by atoms with Crippen LogP contribution in [-0.4, -0.2) is 15.0 Å². The van der Waals surface area contributed by atoms with E-state index in [1.165, 1.54) is 12.4 Å². The molecule has 0 spiro atoms. The van der Waals surface area contributed by atoms with Crippen molar-refractivity contribution in [3.63, 3.8) is 0 Å². The molecule has 13 heavy (non-hydrogen) atoms. The molecule has 2 rings (SSSR count). The highest BCUT2D eigenvalue weighted by molar-refractivity contribution is 5.86. The molecule has 2 heterocycles. The number of fused-ring (bicyclic) bond motifs is 1. The molecular formula is C7H6N4O2. The van der Waals surface area contributed by atoms with Crippen molar-refractivity contribution in [2.75, 3.05) is 5.73 Å². The lowest BCUT2D eigenvalue weighted by Gasteiger charge is -1.97. The molecule has 0 aliphatic heterocycles. The van der Waals surface area contributed by atoms with Crippen molar-refractivity contribution >= 4 is 16.6 Å². The number of nitrogens with two attached hydrogens (primary N) is 1. The predicted molar refractivity (Wildman–Crippen MR) is 47.4 cm³/mol. The summed E-state index contributed by atoms with van der Waals surface area (Å²) >= 11 is 0. The number of rotatable bonds is 0. The van der Waals surface area contributed by atoms with Crippen molar-refractivity contribution in [1.29, 1.82) is 0 Å². The molecule has 0 saturated carbocycles. The van der Waals surface area contributed by atoms with Crippen LogP contribution in [-0.2, 0) is 0 Å². The minimum Gasteiger partial charge on any atom is -0.396 e. The minimum absolute atomic E-state index is 0.277. The van der Waals surface area contributed by atoms with Crippen LogP contribution >= 0.6 is 0 Å². The lowest BCUT2D eigenvalue weighted by atomic mass is 10.3. The zero-order valence-electron chi connectivity index (χ0n) is 6.50. The summed E-state index contributed by atoms with van der Waals surface area (Å²) in [5, 5.41) is 0.277. The Kier molecular flexibility index (Phi) is 1.42. The molecule has 66 valence electrons. The van der Waals surface area contributed by atoms with Crippen LogP contribution in [0.15, 0.2) is 22.0 Å². The maximum atomic E-state index is 11.2. The molecule has 0 saturated heterocycles. The summed E-state index contributed by atoms with van der Waals surface area (Å²) < 4.78 is 0. The van der Waals surface area contributed by atoms with Crippen LogP contribution < -0.4 is 17.0 Å². The number of hydrogen-bond donors (Lipinski definition) is 3. The fraction of sp³-hybridized carbons (Fsp3) is 0. The number of nitrogen functional groups attached to an aromatic ring is 1. The van der Waals surface area contributed by atoms with Crippen LogP contribution in [0.1, 0.15) is 0 Å². The third kappa shape index (κ3) is 1.08. The van der Waals surface area contributed by atoms with Crippen LogP contribution in [0.25, 0.3) is 10.9 Å². The van der Waals surface area contributed by atoms with E-state index in [-0.39, 0.29) is 11.1 Å². The van der Waals surface area contributed by atoms with E-state index in [4.69, 9.17) is 5.73 Å². The molecule has 0 aliphatic carbocycles. The first-order chi connectivity index (χ1) is 6.18. The van der Waals surface area contributed by atoms with Gasteiger partial charge in [-0.3, -0.25) is 14.8 Å². The quantitative estimate of drug-likeness (QED) is 0.490. The molecule has 0 bridgehead atoms. The second-order valence-corrected chi connectivity index (χ2v) is 2.56. The van der Waals surface area contributed by atoms with Gasteiger partial charge in [0.25, 0.3) is 5.56 Å². The summed E-state index contributed by atoms with van der Waals surface area (Å²) in [6.45, 7) is 0. The molecular weight excluding hydrogens is 172 g/mol.